The van der Waals surface area contributed by atoms with Crippen LogP contribution in [0.25, 0.3) is 0 Å². The highest BCUT2D eigenvalue weighted by molar-refractivity contribution is 5.85. The Hall–Kier alpha value is -1.06. The van der Waals surface area contributed by atoms with Crippen LogP contribution in [0, 0.1) is 0 Å². The molecular weight excluding hydrogens is 238 g/mol. The zero-order valence-corrected chi connectivity index (χ0v) is 10.5. The molecule has 3 nitrogen and oxygen atoms in total. The van der Waals surface area contributed by atoms with E-state index in [4.69, 9.17) is 4.74 Å². The Morgan fingerprint density at radius 1 is 1.29 bits per heavy atom. The van der Waals surface area contributed by atoms with Crippen LogP contribution in [0.4, 0.5) is 0 Å². The fourth-order valence-corrected chi connectivity index (χ4v) is 1.88. The molecule has 0 amide bonds. The highest BCUT2D eigenvalue weighted by atomic mass is 35.5. The Kier molecular flexibility index (Phi) is 6.01. The summed E-state index contributed by atoms with van der Waals surface area (Å²) in [4.78, 5) is 11.7. The summed E-state index contributed by atoms with van der Waals surface area (Å²) in [7, 11) is 0. The third-order valence-electron chi connectivity index (χ3n) is 2.82. The van der Waals surface area contributed by atoms with E-state index in [1.54, 1.807) is 0 Å². The first-order valence-electron chi connectivity index (χ1n) is 5.80. The average molecular weight is 256 g/mol. The van der Waals surface area contributed by atoms with Crippen LogP contribution in [-0.2, 0) is 16.1 Å². The third kappa shape index (κ3) is 4.36. The minimum atomic E-state index is -0.122. The number of esters is 1. The van der Waals surface area contributed by atoms with Gasteiger partial charge in [0.15, 0.2) is 0 Å². The highest BCUT2D eigenvalue weighted by Crippen LogP contribution is 2.09. The van der Waals surface area contributed by atoms with Crippen molar-refractivity contribution in [2.24, 2.45) is 0 Å². The van der Waals surface area contributed by atoms with Gasteiger partial charge in [-0.25, -0.2) is 0 Å². The fraction of sp³-hybridized carbons (Fsp3) is 0.462. The van der Waals surface area contributed by atoms with Gasteiger partial charge in [0.05, 0.1) is 0 Å². The second-order valence-corrected chi connectivity index (χ2v) is 4.10. The number of carbonyl (C=O) groups excluding carboxylic acids is 1. The number of halogens is 1. The molecule has 1 fully saturated rings. The van der Waals surface area contributed by atoms with Gasteiger partial charge < -0.3 is 10.1 Å². The van der Waals surface area contributed by atoms with Gasteiger partial charge in [-0.15, -0.1) is 12.4 Å². The average Bonchev–Trinajstić information content (AvgIpc) is 2.38. The van der Waals surface area contributed by atoms with Gasteiger partial charge in [-0.3, -0.25) is 4.79 Å². The highest BCUT2D eigenvalue weighted by Gasteiger charge is 2.21. The Bertz CT molecular complexity index is 337. The van der Waals surface area contributed by atoms with E-state index in [0.717, 1.165) is 31.4 Å². The van der Waals surface area contributed by atoms with Gasteiger partial charge in [0, 0.05) is 0 Å². The molecule has 1 N–H and O–H groups in total. The predicted molar refractivity (Wildman–Crippen MR) is 69.1 cm³/mol. The molecule has 2 rings (SSSR count). The molecule has 1 heterocycles. The third-order valence-corrected chi connectivity index (χ3v) is 2.82. The number of hydrogen-bond acceptors (Lipinski definition) is 3. The minimum Gasteiger partial charge on any atom is -0.460 e. The molecule has 0 spiro atoms. The largest absolute Gasteiger partial charge is 0.460 e. The van der Waals surface area contributed by atoms with Crippen LogP contribution in [0.2, 0.25) is 0 Å². The number of benzene rings is 1. The maximum atomic E-state index is 11.7. The van der Waals surface area contributed by atoms with Gasteiger partial charge in [-0.05, 0) is 24.9 Å². The van der Waals surface area contributed by atoms with Crippen molar-refractivity contribution < 1.29 is 9.53 Å². The van der Waals surface area contributed by atoms with Crippen molar-refractivity contribution in [3.63, 3.8) is 0 Å². The van der Waals surface area contributed by atoms with Gasteiger partial charge >= 0.3 is 5.97 Å². The number of nitrogens with one attached hydrogen (secondary N) is 1. The van der Waals surface area contributed by atoms with E-state index in [2.05, 4.69) is 5.32 Å². The minimum absolute atomic E-state index is 0. The molecule has 1 aromatic rings. The van der Waals surface area contributed by atoms with E-state index in [1.165, 1.54) is 0 Å². The van der Waals surface area contributed by atoms with Crippen LogP contribution >= 0.6 is 12.4 Å². The maximum absolute atomic E-state index is 11.7. The van der Waals surface area contributed by atoms with Gasteiger partial charge in [-0.1, -0.05) is 36.8 Å². The van der Waals surface area contributed by atoms with E-state index in [9.17, 15) is 4.79 Å². The van der Waals surface area contributed by atoms with Crippen molar-refractivity contribution in [2.75, 3.05) is 6.54 Å². The molecule has 1 aliphatic rings. The first-order chi connectivity index (χ1) is 7.86. The molecule has 17 heavy (non-hydrogen) atoms. The predicted octanol–water partition coefficient (Wildman–Crippen LogP) is 2.29. The Morgan fingerprint density at radius 2 is 2.06 bits per heavy atom. The zero-order chi connectivity index (χ0) is 11.2. The van der Waals surface area contributed by atoms with Crippen molar-refractivity contribution in [1.82, 2.24) is 5.32 Å². The van der Waals surface area contributed by atoms with Crippen LogP contribution < -0.4 is 5.32 Å². The number of carbonyl (C=O) groups is 1. The van der Waals surface area contributed by atoms with E-state index in [0.29, 0.717) is 6.61 Å². The first kappa shape index (κ1) is 14.0. The lowest BCUT2D eigenvalue weighted by molar-refractivity contribution is -0.148. The topological polar surface area (TPSA) is 38.3 Å². The molecule has 0 bridgehead atoms. The van der Waals surface area contributed by atoms with E-state index in [1.807, 2.05) is 30.3 Å². The van der Waals surface area contributed by atoms with Gasteiger partial charge in [0.2, 0.25) is 0 Å². The van der Waals surface area contributed by atoms with Crippen molar-refractivity contribution in [3.8, 4) is 0 Å². The molecule has 4 heteroatoms. The summed E-state index contributed by atoms with van der Waals surface area (Å²) in [5, 5.41) is 3.18. The SMILES string of the molecule is Cl.O=C(OCc1ccccc1)C1CCCCN1. The monoisotopic (exact) mass is 255 g/mol. The van der Waals surface area contributed by atoms with Crippen molar-refractivity contribution in [3.05, 3.63) is 35.9 Å². The summed E-state index contributed by atoms with van der Waals surface area (Å²) in [5.41, 5.74) is 1.03. The van der Waals surface area contributed by atoms with Crippen molar-refractivity contribution >= 4 is 18.4 Å². The Labute approximate surface area is 108 Å². The molecule has 0 aliphatic carbocycles. The number of ether oxygens (including phenoxy) is 1. The molecule has 1 unspecified atom stereocenters. The molecule has 1 saturated heterocycles. The quantitative estimate of drug-likeness (QED) is 0.843. The molecule has 0 saturated carbocycles. The first-order valence-corrected chi connectivity index (χ1v) is 5.80. The maximum Gasteiger partial charge on any atom is 0.323 e. The van der Waals surface area contributed by atoms with Crippen LogP contribution in [0.1, 0.15) is 24.8 Å². The molecule has 1 atom stereocenters. The van der Waals surface area contributed by atoms with Crippen LogP contribution in [-0.4, -0.2) is 18.6 Å². The summed E-state index contributed by atoms with van der Waals surface area (Å²) < 4.78 is 5.27. The molecule has 0 radical (unpaired) electrons. The van der Waals surface area contributed by atoms with Crippen molar-refractivity contribution in [1.29, 1.82) is 0 Å². The van der Waals surface area contributed by atoms with Gasteiger partial charge in [-0.2, -0.15) is 0 Å². The second kappa shape index (κ2) is 7.30. The van der Waals surface area contributed by atoms with Crippen LogP contribution in [0.15, 0.2) is 30.3 Å². The standard InChI is InChI=1S/C13H17NO2.ClH/c15-13(12-8-4-5-9-14-12)16-10-11-6-2-1-3-7-11;/h1-3,6-7,12,14H,4-5,8-10H2;1H. The van der Waals surface area contributed by atoms with Gasteiger partial charge in [0.25, 0.3) is 0 Å². The van der Waals surface area contributed by atoms with Crippen LogP contribution in [0.3, 0.4) is 0 Å². The molecule has 1 aromatic carbocycles. The lowest BCUT2D eigenvalue weighted by Crippen LogP contribution is -2.41. The zero-order valence-electron chi connectivity index (χ0n) is 9.72. The smallest absolute Gasteiger partial charge is 0.323 e. The van der Waals surface area contributed by atoms with Gasteiger partial charge in [0.1, 0.15) is 12.6 Å². The summed E-state index contributed by atoms with van der Waals surface area (Å²) in [6.45, 7) is 1.29. The molecule has 1 aliphatic heterocycles. The number of hydrogen-bond donors (Lipinski definition) is 1. The summed E-state index contributed by atoms with van der Waals surface area (Å²) in [6.07, 6.45) is 3.16. The normalized spacial score (nSPS) is 19.2. The Balaban J connectivity index is 0.00000144. The van der Waals surface area contributed by atoms with E-state index >= 15 is 0 Å². The molecule has 94 valence electrons. The van der Waals surface area contributed by atoms with Crippen molar-refractivity contribution in [2.45, 2.75) is 31.9 Å². The molecule has 0 aromatic heterocycles. The van der Waals surface area contributed by atoms with E-state index in [-0.39, 0.29) is 24.4 Å². The lowest BCUT2D eigenvalue weighted by atomic mass is 10.1. The Morgan fingerprint density at radius 3 is 2.71 bits per heavy atom. The summed E-state index contributed by atoms with van der Waals surface area (Å²) in [6, 6.07) is 9.67. The fourth-order valence-electron chi connectivity index (χ4n) is 1.88. The lowest BCUT2D eigenvalue weighted by Gasteiger charge is -2.21. The second-order valence-electron chi connectivity index (χ2n) is 4.10. The van der Waals surface area contributed by atoms with Crippen LogP contribution in [0.5, 0.6) is 0 Å². The summed E-state index contributed by atoms with van der Waals surface area (Å²) >= 11 is 0. The number of rotatable bonds is 3. The van der Waals surface area contributed by atoms with E-state index < -0.39 is 0 Å². The number of piperidine rings is 1. The summed E-state index contributed by atoms with van der Waals surface area (Å²) in [5.74, 6) is -0.122. The molecular formula is C13H18ClNO2.